The normalized spacial score (nSPS) is 50.3. The molecule has 4 saturated carbocycles. The van der Waals surface area contributed by atoms with Gasteiger partial charge in [-0.15, -0.1) is 0 Å². The number of fused-ring (bicyclic) bond motifs is 5. The van der Waals surface area contributed by atoms with Crippen LogP contribution in [0.25, 0.3) is 0 Å². The maximum atomic E-state index is 12.2. The Labute approximate surface area is 274 Å². The molecule has 1 saturated heterocycles. The Balaban J connectivity index is 1.51. The summed E-state index contributed by atoms with van der Waals surface area (Å²) in [6.07, 6.45) is 0.374. The van der Waals surface area contributed by atoms with Crippen molar-refractivity contribution in [2.24, 2.45) is 45.3 Å². The lowest BCUT2D eigenvalue weighted by atomic mass is 9.34. The monoisotopic (exact) mass is 654 g/mol. The average Bonchev–Trinajstić information content (AvgIpc) is 3.38. The van der Waals surface area contributed by atoms with Gasteiger partial charge in [0.15, 0.2) is 6.29 Å². The van der Waals surface area contributed by atoms with Gasteiger partial charge in [-0.2, -0.15) is 0 Å². The lowest BCUT2D eigenvalue weighted by Crippen LogP contribution is -2.71. The van der Waals surface area contributed by atoms with Crippen molar-refractivity contribution in [3.8, 4) is 0 Å². The first-order chi connectivity index (χ1) is 21.5. The SMILES string of the molecule is C/C(=C\CCC(C)(OC1OC(CO)C(O)C(O)C1O)C1CCC2(C)C1CCC1C3(C)CCC(O)C(C)(C)C3CC(O)C12CO)CO. The van der Waals surface area contributed by atoms with E-state index in [4.69, 9.17) is 9.47 Å². The largest absolute Gasteiger partial charge is 0.396 e. The molecule has 15 atom stereocenters. The van der Waals surface area contributed by atoms with E-state index in [1.165, 1.54) is 0 Å². The maximum Gasteiger partial charge on any atom is 0.187 e. The van der Waals surface area contributed by atoms with Crippen LogP contribution in [0.15, 0.2) is 11.6 Å². The first kappa shape index (κ1) is 36.6. The van der Waals surface area contributed by atoms with E-state index < -0.39 is 66.0 Å². The number of aliphatic hydroxyl groups is 8. The van der Waals surface area contributed by atoms with Crippen molar-refractivity contribution in [1.82, 2.24) is 0 Å². The van der Waals surface area contributed by atoms with Crippen LogP contribution in [-0.4, -0.2) is 109 Å². The van der Waals surface area contributed by atoms with E-state index in [0.29, 0.717) is 25.7 Å². The molecular formula is C36H62O10. The molecule has 0 bridgehead atoms. The van der Waals surface area contributed by atoms with Gasteiger partial charge in [0, 0.05) is 5.41 Å². The Hall–Kier alpha value is -0.660. The Morgan fingerprint density at radius 1 is 0.870 bits per heavy atom. The van der Waals surface area contributed by atoms with Gasteiger partial charge in [0.05, 0.1) is 37.6 Å². The molecule has 1 heterocycles. The number of allylic oxidation sites excluding steroid dienone is 1. The van der Waals surface area contributed by atoms with Gasteiger partial charge in [-0.05, 0) is 112 Å². The molecule has 1 aliphatic heterocycles. The molecule has 5 rings (SSSR count). The molecule has 0 amide bonds. The minimum atomic E-state index is -1.55. The summed E-state index contributed by atoms with van der Waals surface area (Å²) in [7, 11) is 0. The summed E-state index contributed by atoms with van der Waals surface area (Å²) in [6, 6.07) is 0. The summed E-state index contributed by atoms with van der Waals surface area (Å²) >= 11 is 0. The van der Waals surface area contributed by atoms with Crippen molar-refractivity contribution >= 4 is 0 Å². The van der Waals surface area contributed by atoms with Crippen molar-refractivity contribution < 1.29 is 50.3 Å². The van der Waals surface area contributed by atoms with Gasteiger partial charge in [-0.3, -0.25) is 0 Å². The van der Waals surface area contributed by atoms with Crippen LogP contribution < -0.4 is 0 Å². The minimum absolute atomic E-state index is 0.0422. The van der Waals surface area contributed by atoms with E-state index in [-0.39, 0.29) is 47.7 Å². The van der Waals surface area contributed by atoms with Crippen LogP contribution in [0.3, 0.4) is 0 Å². The quantitative estimate of drug-likeness (QED) is 0.172. The first-order valence-electron chi connectivity index (χ1n) is 17.7. The second kappa shape index (κ2) is 12.9. The molecule has 266 valence electrons. The van der Waals surface area contributed by atoms with Crippen LogP contribution in [0.4, 0.5) is 0 Å². The van der Waals surface area contributed by atoms with Crippen molar-refractivity contribution in [3.05, 3.63) is 11.6 Å². The van der Waals surface area contributed by atoms with Gasteiger partial charge >= 0.3 is 0 Å². The molecular weight excluding hydrogens is 592 g/mol. The maximum absolute atomic E-state index is 12.2. The van der Waals surface area contributed by atoms with E-state index in [9.17, 15) is 40.9 Å². The molecule has 0 spiro atoms. The predicted molar refractivity (Wildman–Crippen MR) is 171 cm³/mol. The summed E-state index contributed by atoms with van der Waals surface area (Å²) < 4.78 is 12.6. The van der Waals surface area contributed by atoms with E-state index in [1.807, 2.05) is 19.9 Å². The molecule has 10 nitrogen and oxygen atoms in total. The topological polar surface area (TPSA) is 180 Å². The van der Waals surface area contributed by atoms with Crippen molar-refractivity contribution in [3.63, 3.8) is 0 Å². The van der Waals surface area contributed by atoms with Crippen molar-refractivity contribution in [1.29, 1.82) is 0 Å². The highest BCUT2D eigenvalue weighted by Gasteiger charge is 2.74. The standard InChI is InChI=1S/C36H62O10/c1-20(17-37)8-7-13-35(6,46-31-30(44)29(43)28(42)23(18-38)45-31)22-11-15-34(5)21(22)9-10-24-33(4)14-12-26(40)32(2,3)25(33)16-27(41)36(24,34)19-39/h8,21-31,37-44H,7,9-19H2,1-6H3/b20-8+. The number of rotatable bonds is 9. The molecule has 0 aromatic carbocycles. The van der Waals surface area contributed by atoms with E-state index in [2.05, 4.69) is 27.7 Å². The Morgan fingerprint density at radius 3 is 2.20 bits per heavy atom. The van der Waals surface area contributed by atoms with Gasteiger partial charge in [0.2, 0.25) is 0 Å². The number of hydrogen-bond acceptors (Lipinski definition) is 10. The van der Waals surface area contributed by atoms with Crippen LogP contribution in [0.5, 0.6) is 0 Å². The Kier molecular flexibility index (Phi) is 10.3. The second-order valence-electron chi connectivity index (χ2n) is 17.1. The third kappa shape index (κ3) is 5.37. The van der Waals surface area contributed by atoms with Gasteiger partial charge in [-0.1, -0.05) is 39.3 Å². The van der Waals surface area contributed by atoms with Gasteiger partial charge in [0.1, 0.15) is 24.4 Å². The second-order valence-corrected chi connectivity index (χ2v) is 17.1. The zero-order valence-corrected chi connectivity index (χ0v) is 28.8. The van der Waals surface area contributed by atoms with Crippen molar-refractivity contribution in [2.45, 2.75) is 148 Å². The Bertz CT molecular complexity index is 1110. The molecule has 5 fully saturated rings. The summed E-state index contributed by atoms with van der Waals surface area (Å²) in [4.78, 5) is 0. The molecule has 0 aromatic rings. The molecule has 4 aliphatic carbocycles. The number of hydrogen-bond donors (Lipinski definition) is 8. The first-order valence-corrected chi connectivity index (χ1v) is 17.7. The minimum Gasteiger partial charge on any atom is -0.396 e. The molecule has 8 N–H and O–H groups in total. The molecule has 46 heavy (non-hydrogen) atoms. The van der Waals surface area contributed by atoms with Crippen LogP contribution in [0.2, 0.25) is 0 Å². The zero-order valence-electron chi connectivity index (χ0n) is 28.8. The highest BCUT2D eigenvalue weighted by Crippen LogP contribution is 2.76. The van der Waals surface area contributed by atoms with Gasteiger partial charge in [-0.25, -0.2) is 0 Å². The summed E-state index contributed by atoms with van der Waals surface area (Å²) in [5, 5.41) is 86.1. The van der Waals surface area contributed by atoms with E-state index in [0.717, 1.165) is 37.7 Å². The molecule has 5 aliphatic rings. The number of aliphatic hydroxyl groups excluding tert-OH is 8. The third-order valence-corrected chi connectivity index (χ3v) is 14.8. The fourth-order valence-corrected chi connectivity index (χ4v) is 12.0. The fourth-order valence-electron chi connectivity index (χ4n) is 12.0. The van der Waals surface area contributed by atoms with Crippen LogP contribution in [0.1, 0.15) is 99.3 Å². The number of ether oxygens (including phenoxy) is 2. The van der Waals surface area contributed by atoms with E-state index >= 15 is 0 Å². The lowest BCUT2D eigenvalue weighted by molar-refractivity contribution is -0.335. The average molecular weight is 655 g/mol. The lowest BCUT2D eigenvalue weighted by Gasteiger charge is -2.71. The van der Waals surface area contributed by atoms with E-state index in [1.54, 1.807) is 0 Å². The molecule has 15 unspecified atom stereocenters. The summed E-state index contributed by atoms with van der Waals surface area (Å²) in [6.45, 7) is 12.0. The van der Waals surface area contributed by atoms with Crippen LogP contribution in [0, 0.1) is 45.3 Å². The smallest absolute Gasteiger partial charge is 0.187 e. The van der Waals surface area contributed by atoms with Crippen molar-refractivity contribution in [2.75, 3.05) is 19.8 Å². The Morgan fingerprint density at radius 2 is 1.57 bits per heavy atom. The fraction of sp³-hybridized carbons (Fsp3) is 0.944. The van der Waals surface area contributed by atoms with Gasteiger partial charge < -0.3 is 50.3 Å². The summed E-state index contributed by atoms with van der Waals surface area (Å²) in [5.74, 6) is 0.241. The highest BCUT2D eigenvalue weighted by molar-refractivity contribution is 5.22. The third-order valence-electron chi connectivity index (χ3n) is 14.8. The van der Waals surface area contributed by atoms with Gasteiger partial charge in [0.25, 0.3) is 0 Å². The van der Waals surface area contributed by atoms with Crippen LogP contribution in [-0.2, 0) is 9.47 Å². The summed E-state index contributed by atoms with van der Waals surface area (Å²) in [5.41, 5.74) is -1.68. The van der Waals surface area contributed by atoms with Crippen LogP contribution >= 0.6 is 0 Å². The predicted octanol–water partition coefficient (Wildman–Crippen LogP) is 2.27. The molecule has 0 aromatic heterocycles. The zero-order chi connectivity index (χ0) is 34.0. The molecule has 0 radical (unpaired) electrons. The molecule has 10 heteroatoms. The highest BCUT2D eigenvalue weighted by atomic mass is 16.7.